The van der Waals surface area contributed by atoms with E-state index in [0.29, 0.717) is 34.0 Å². The normalized spacial score (nSPS) is 10.8. The van der Waals surface area contributed by atoms with Crippen LogP contribution in [0.25, 0.3) is 22.5 Å². The molecule has 0 aliphatic rings. The zero-order valence-corrected chi connectivity index (χ0v) is 13.4. The maximum atomic E-state index is 11.9. The SMILES string of the molecule is Cc1cc(-c2nc(C)c(C(=O)O)nc2-c2ccn(C)c(=O)c2)co1. The van der Waals surface area contributed by atoms with E-state index in [2.05, 4.69) is 9.97 Å². The Morgan fingerprint density at radius 1 is 1.17 bits per heavy atom. The number of carboxylic acid groups (broad SMARTS) is 1. The average molecular weight is 325 g/mol. The summed E-state index contributed by atoms with van der Waals surface area (Å²) in [5.74, 6) is -0.471. The van der Waals surface area contributed by atoms with E-state index < -0.39 is 5.97 Å². The highest BCUT2D eigenvalue weighted by molar-refractivity contribution is 5.89. The van der Waals surface area contributed by atoms with Crippen LogP contribution in [0, 0.1) is 13.8 Å². The highest BCUT2D eigenvalue weighted by Crippen LogP contribution is 2.30. The van der Waals surface area contributed by atoms with Crippen molar-refractivity contribution in [2.45, 2.75) is 13.8 Å². The van der Waals surface area contributed by atoms with E-state index in [9.17, 15) is 14.7 Å². The van der Waals surface area contributed by atoms with Crippen molar-refractivity contribution in [2.75, 3.05) is 0 Å². The quantitative estimate of drug-likeness (QED) is 0.794. The fourth-order valence-electron chi connectivity index (χ4n) is 2.39. The molecule has 0 amide bonds. The molecule has 122 valence electrons. The van der Waals surface area contributed by atoms with Crippen LogP contribution in [0.2, 0.25) is 0 Å². The van der Waals surface area contributed by atoms with Gasteiger partial charge in [0.1, 0.15) is 17.7 Å². The molecule has 0 aliphatic carbocycles. The summed E-state index contributed by atoms with van der Waals surface area (Å²) in [4.78, 5) is 32.0. The van der Waals surface area contributed by atoms with Gasteiger partial charge in [0.15, 0.2) is 5.69 Å². The molecule has 7 nitrogen and oxygen atoms in total. The van der Waals surface area contributed by atoms with E-state index in [0.717, 1.165) is 0 Å². The van der Waals surface area contributed by atoms with E-state index in [1.807, 2.05) is 0 Å². The number of rotatable bonds is 3. The third kappa shape index (κ3) is 2.71. The van der Waals surface area contributed by atoms with Crippen LogP contribution >= 0.6 is 0 Å². The van der Waals surface area contributed by atoms with Gasteiger partial charge in [-0.15, -0.1) is 0 Å². The van der Waals surface area contributed by atoms with E-state index in [1.54, 1.807) is 39.2 Å². The van der Waals surface area contributed by atoms with Crippen LogP contribution in [0.1, 0.15) is 21.9 Å². The highest BCUT2D eigenvalue weighted by Gasteiger charge is 2.19. The molecule has 24 heavy (non-hydrogen) atoms. The van der Waals surface area contributed by atoms with E-state index in [4.69, 9.17) is 4.42 Å². The highest BCUT2D eigenvalue weighted by atomic mass is 16.4. The smallest absolute Gasteiger partial charge is 0.356 e. The number of carboxylic acids is 1. The summed E-state index contributed by atoms with van der Waals surface area (Å²) in [6, 6.07) is 4.89. The van der Waals surface area contributed by atoms with Crippen molar-refractivity contribution in [3.8, 4) is 22.5 Å². The molecule has 7 heteroatoms. The van der Waals surface area contributed by atoms with E-state index >= 15 is 0 Å². The zero-order valence-electron chi connectivity index (χ0n) is 13.4. The van der Waals surface area contributed by atoms with Gasteiger partial charge in [-0.05, 0) is 26.0 Å². The number of hydrogen-bond acceptors (Lipinski definition) is 5. The average Bonchev–Trinajstić information content (AvgIpc) is 2.96. The van der Waals surface area contributed by atoms with Crippen molar-refractivity contribution in [3.63, 3.8) is 0 Å². The lowest BCUT2D eigenvalue weighted by Gasteiger charge is -2.10. The number of nitrogens with zero attached hydrogens (tertiary/aromatic N) is 3. The number of aryl methyl sites for hydroxylation is 3. The van der Waals surface area contributed by atoms with Gasteiger partial charge in [-0.3, -0.25) is 4.79 Å². The van der Waals surface area contributed by atoms with E-state index in [-0.39, 0.29) is 11.3 Å². The van der Waals surface area contributed by atoms with E-state index in [1.165, 1.54) is 16.9 Å². The summed E-state index contributed by atoms with van der Waals surface area (Å²) in [6.07, 6.45) is 3.13. The molecule has 1 N–H and O–H groups in total. The third-order valence-corrected chi connectivity index (χ3v) is 3.65. The first-order valence-corrected chi connectivity index (χ1v) is 7.21. The number of furan rings is 1. The second-order valence-corrected chi connectivity index (χ2v) is 5.47. The summed E-state index contributed by atoms with van der Waals surface area (Å²) in [7, 11) is 1.63. The molecule has 3 aromatic heterocycles. The van der Waals surface area contributed by atoms with Crippen molar-refractivity contribution in [3.05, 3.63) is 58.2 Å². The Bertz CT molecular complexity index is 1000. The summed E-state index contributed by atoms with van der Waals surface area (Å²) < 4.78 is 6.74. The predicted molar refractivity (Wildman–Crippen MR) is 86.8 cm³/mol. The van der Waals surface area contributed by atoms with Crippen molar-refractivity contribution in [2.24, 2.45) is 7.05 Å². The molecular weight excluding hydrogens is 310 g/mol. The van der Waals surface area contributed by atoms with Crippen molar-refractivity contribution in [1.82, 2.24) is 14.5 Å². The summed E-state index contributed by atoms with van der Waals surface area (Å²) in [5, 5.41) is 9.31. The Kier molecular flexibility index (Phi) is 3.76. The third-order valence-electron chi connectivity index (χ3n) is 3.65. The van der Waals surface area contributed by atoms with Crippen LogP contribution in [0.3, 0.4) is 0 Å². The van der Waals surface area contributed by atoms with Gasteiger partial charge in [-0.2, -0.15) is 0 Å². The molecule has 0 unspecified atom stereocenters. The number of hydrogen-bond donors (Lipinski definition) is 1. The van der Waals surface area contributed by atoms with Gasteiger partial charge < -0.3 is 14.1 Å². The van der Waals surface area contributed by atoms with Gasteiger partial charge in [0.25, 0.3) is 5.56 Å². The molecule has 3 rings (SSSR count). The molecular formula is C17H15N3O4. The van der Waals surface area contributed by atoms with Crippen LogP contribution < -0.4 is 5.56 Å². The number of pyridine rings is 1. The zero-order chi connectivity index (χ0) is 17.4. The molecule has 0 aliphatic heterocycles. The Morgan fingerprint density at radius 2 is 1.88 bits per heavy atom. The largest absolute Gasteiger partial charge is 0.476 e. The van der Waals surface area contributed by atoms with Gasteiger partial charge in [-0.1, -0.05) is 0 Å². The molecule has 0 fully saturated rings. The van der Waals surface area contributed by atoms with Gasteiger partial charge in [0.05, 0.1) is 11.4 Å². The lowest BCUT2D eigenvalue weighted by atomic mass is 10.1. The van der Waals surface area contributed by atoms with Crippen molar-refractivity contribution >= 4 is 5.97 Å². The van der Waals surface area contributed by atoms with Crippen LogP contribution in [-0.2, 0) is 7.05 Å². The first-order valence-electron chi connectivity index (χ1n) is 7.21. The molecule has 0 spiro atoms. The molecule has 3 heterocycles. The minimum Gasteiger partial charge on any atom is -0.476 e. The van der Waals surface area contributed by atoms with Crippen LogP contribution in [0.5, 0.6) is 0 Å². The minimum absolute atomic E-state index is 0.144. The first kappa shape index (κ1) is 15.7. The van der Waals surface area contributed by atoms with Crippen molar-refractivity contribution in [1.29, 1.82) is 0 Å². The Labute approximate surface area is 137 Å². The van der Waals surface area contributed by atoms with Gasteiger partial charge in [-0.25, -0.2) is 14.8 Å². The summed E-state index contributed by atoms with van der Waals surface area (Å²) >= 11 is 0. The maximum Gasteiger partial charge on any atom is 0.356 e. The lowest BCUT2D eigenvalue weighted by Crippen LogP contribution is -2.15. The van der Waals surface area contributed by atoms with Crippen LogP contribution in [0.4, 0.5) is 0 Å². The maximum absolute atomic E-state index is 11.9. The summed E-state index contributed by atoms with van der Waals surface area (Å²) in [5.41, 5.74) is 1.91. The standard InChI is InChI=1S/C17H15N3O4/c1-9-6-12(8-24-9)16-15(11-4-5-20(3)13(21)7-11)19-14(17(22)23)10(2)18-16/h4-8H,1-3H3,(H,22,23). The molecule has 0 atom stereocenters. The molecule has 0 bridgehead atoms. The Balaban J connectivity index is 2.32. The monoisotopic (exact) mass is 325 g/mol. The minimum atomic E-state index is -1.17. The predicted octanol–water partition coefficient (Wildman–Crippen LogP) is 2.42. The summed E-state index contributed by atoms with van der Waals surface area (Å²) in [6.45, 7) is 3.38. The molecule has 0 radical (unpaired) electrons. The Morgan fingerprint density at radius 3 is 2.46 bits per heavy atom. The Hall–Kier alpha value is -3.22. The fourth-order valence-corrected chi connectivity index (χ4v) is 2.39. The van der Waals surface area contributed by atoms with Crippen LogP contribution in [0.15, 0.2) is 39.9 Å². The topological polar surface area (TPSA) is 98.2 Å². The molecule has 0 saturated carbocycles. The second-order valence-electron chi connectivity index (χ2n) is 5.47. The number of carbonyl (C=O) groups is 1. The van der Waals surface area contributed by atoms with Gasteiger partial charge in [0, 0.05) is 30.4 Å². The number of aromatic carboxylic acids is 1. The van der Waals surface area contributed by atoms with Gasteiger partial charge in [0.2, 0.25) is 0 Å². The molecule has 3 aromatic rings. The fraction of sp³-hybridized carbons (Fsp3) is 0.176. The first-order chi connectivity index (χ1) is 11.4. The lowest BCUT2D eigenvalue weighted by molar-refractivity contribution is 0.0689. The second kappa shape index (κ2) is 5.77. The van der Waals surface area contributed by atoms with Crippen LogP contribution in [-0.4, -0.2) is 25.6 Å². The molecule has 0 aromatic carbocycles. The van der Waals surface area contributed by atoms with Crippen molar-refractivity contribution < 1.29 is 14.3 Å². The molecule has 0 saturated heterocycles. The number of aromatic nitrogens is 3. The van der Waals surface area contributed by atoms with Gasteiger partial charge >= 0.3 is 5.97 Å².